The number of nitro groups is 1. The second-order valence-electron chi connectivity index (χ2n) is 4.75. The van der Waals surface area contributed by atoms with Crippen molar-refractivity contribution in [2.75, 3.05) is 6.61 Å². The molecule has 1 heterocycles. The van der Waals surface area contributed by atoms with E-state index in [1.54, 1.807) is 24.3 Å². The third kappa shape index (κ3) is 6.33. The van der Waals surface area contributed by atoms with Gasteiger partial charge < -0.3 is 4.74 Å². The Balaban J connectivity index is 1.68. The van der Waals surface area contributed by atoms with E-state index < -0.39 is 4.92 Å². The van der Waals surface area contributed by atoms with Crippen LogP contribution in [0.5, 0.6) is 5.75 Å². The molecule has 0 fully saturated rings. The van der Waals surface area contributed by atoms with E-state index in [1.165, 1.54) is 12.3 Å². The van der Waals surface area contributed by atoms with Gasteiger partial charge in [0.2, 0.25) is 5.91 Å². The normalized spacial score (nSPS) is 10.8. The van der Waals surface area contributed by atoms with Crippen molar-refractivity contribution in [1.29, 1.82) is 0 Å². The lowest BCUT2D eigenvalue weighted by molar-refractivity contribution is -0.380. The van der Waals surface area contributed by atoms with Crippen molar-refractivity contribution in [2.24, 2.45) is 5.10 Å². The minimum Gasteiger partial charge on any atom is -0.492 e. The molecule has 1 N–H and O–H groups in total. The summed E-state index contributed by atoms with van der Waals surface area (Å²) in [5, 5.41) is 15.3. The van der Waals surface area contributed by atoms with Gasteiger partial charge in [0.15, 0.2) is 0 Å². The number of thiophene rings is 1. The van der Waals surface area contributed by atoms with E-state index in [9.17, 15) is 14.9 Å². The first-order valence-electron chi connectivity index (χ1n) is 7.09. The summed E-state index contributed by atoms with van der Waals surface area (Å²) in [6.07, 6.45) is 2.05. The Labute approximate surface area is 157 Å². The molecule has 0 atom stereocenters. The Morgan fingerprint density at radius 1 is 1.36 bits per heavy atom. The summed E-state index contributed by atoms with van der Waals surface area (Å²) < 4.78 is 5.47. The summed E-state index contributed by atoms with van der Waals surface area (Å²) in [5.41, 5.74) is 2.36. The molecule has 10 heteroatoms. The van der Waals surface area contributed by atoms with Gasteiger partial charge in [0.25, 0.3) is 0 Å². The maximum Gasteiger partial charge on any atom is 0.324 e. The number of nitrogens with zero attached hydrogens (tertiary/aromatic N) is 2. The molecule has 0 aliphatic carbocycles. The van der Waals surface area contributed by atoms with Crippen molar-refractivity contribution in [2.45, 2.75) is 12.8 Å². The van der Waals surface area contributed by atoms with E-state index in [4.69, 9.17) is 27.9 Å². The lowest BCUT2D eigenvalue weighted by atomic mass is 10.3. The van der Waals surface area contributed by atoms with Crippen LogP contribution in [0.3, 0.4) is 0 Å². The number of nitrogens with one attached hydrogen (secondary N) is 1. The molecular formula is C15H13Cl2N3O4S. The van der Waals surface area contributed by atoms with Gasteiger partial charge in [-0.2, -0.15) is 5.10 Å². The number of carbonyl (C=O) groups is 1. The standard InChI is InChI=1S/C15H13Cl2N3O4S/c16-10-3-5-13(12(17)8-10)24-7-1-2-14(21)19-18-9-11-4-6-15(25-11)20(22)23/h3-6,8-9H,1-2,7H2,(H,19,21)/b18-9+. The SMILES string of the molecule is O=C(CCCOc1ccc(Cl)cc1Cl)N/N=C/c1ccc([N+](=O)[O-])s1. The zero-order valence-electron chi connectivity index (χ0n) is 12.8. The Kier molecular flexibility index (Phi) is 7.17. The first kappa shape index (κ1) is 19.2. The fourth-order valence-electron chi connectivity index (χ4n) is 1.74. The average molecular weight is 402 g/mol. The van der Waals surface area contributed by atoms with Crippen molar-refractivity contribution in [3.8, 4) is 5.75 Å². The number of amides is 1. The maximum atomic E-state index is 11.6. The Bertz CT molecular complexity index is 795. The summed E-state index contributed by atoms with van der Waals surface area (Å²) in [4.78, 5) is 22.3. The number of benzene rings is 1. The molecule has 1 aromatic heterocycles. The average Bonchev–Trinajstić information content (AvgIpc) is 3.02. The number of hydrazone groups is 1. The predicted octanol–water partition coefficient (Wildman–Crippen LogP) is 4.27. The molecule has 1 amide bonds. The van der Waals surface area contributed by atoms with Crippen LogP contribution < -0.4 is 10.2 Å². The minimum atomic E-state index is -0.479. The van der Waals surface area contributed by atoms with E-state index >= 15 is 0 Å². The first-order chi connectivity index (χ1) is 12.0. The molecule has 0 saturated heterocycles. The quantitative estimate of drug-likeness (QED) is 0.309. The molecule has 2 aromatic rings. The van der Waals surface area contributed by atoms with Crippen molar-refractivity contribution < 1.29 is 14.5 Å². The molecule has 0 aliphatic rings. The molecule has 0 unspecified atom stereocenters. The molecular weight excluding hydrogens is 389 g/mol. The number of ether oxygens (including phenoxy) is 1. The zero-order chi connectivity index (χ0) is 18.2. The number of hydrogen-bond acceptors (Lipinski definition) is 6. The van der Waals surface area contributed by atoms with Crippen molar-refractivity contribution in [3.05, 3.63) is 55.4 Å². The van der Waals surface area contributed by atoms with Gasteiger partial charge in [-0.05, 0) is 30.7 Å². The molecule has 2 rings (SSSR count). The molecule has 0 bridgehead atoms. The highest BCUT2D eigenvalue weighted by molar-refractivity contribution is 7.16. The largest absolute Gasteiger partial charge is 0.492 e. The van der Waals surface area contributed by atoms with Crippen LogP contribution in [0.1, 0.15) is 17.7 Å². The summed E-state index contributed by atoms with van der Waals surface area (Å²) >= 11 is 12.7. The molecule has 0 aliphatic heterocycles. The molecule has 132 valence electrons. The third-order valence-corrected chi connectivity index (χ3v) is 4.38. The van der Waals surface area contributed by atoms with Gasteiger partial charge in [-0.15, -0.1) is 0 Å². The van der Waals surface area contributed by atoms with Crippen molar-refractivity contribution in [3.63, 3.8) is 0 Å². The first-order valence-corrected chi connectivity index (χ1v) is 8.67. The summed E-state index contributed by atoms with van der Waals surface area (Å²) in [7, 11) is 0. The number of halogens is 2. The van der Waals surface area contributed by atoms with Crippen LogP contribution in [0.4, 0.5) is 5.00 Å². The van der Waals surface area contributed by atoms with Gasteiger partial charge in [-0.1, -0.05) is 34.5 Å². The van der Waals surface area contributed by atoms with Crippen LogP contribution in [0.15, 0.2) is 35.4 Å². The van der Waals surface area contributed by atoms with Gasteiger partial charge in [0.05, 0.1) is 27.6 Å². The predicted molar refractivity (Wildman–Crippen MR) is 97.9 cm³/mol. The third-order valence-electron chi connectivity index (χ3n) is 2.87. The fourth-order valence-corrected chi connectivity index (χ4v) is 2.90. The molecule has 25 heavy (non-hydrogen) atoms. The van der Waals surface area contributed by atoms with Crippen molar-refractivity contribution in [1.82, 2.24) is 5.43 Å². The van der Waals surface area contributed by atoms with Crippen LogP contribution in [0, 0.1) is 10.1 Å². The van der Waals surface area contributed by atoms with Gasteiger partial charge in [0.1, 0.15) is 5.75 Å². The van der Waals surface area contributed by atoms with E-state index in [2.05, 4.69) is 10.5 Å². The fraction of sp³-hybridized carbons (Fsp3) is 0.200. The molecule has 0 spiro atoms. The number of rotatable bonds is 8. The summed E-state index contributed by atoms with van der Waals surface area (Å²) in [6, 6.07) is 7.85. The Morgan fingerprint density at radius 3 is 2.84 bits per heavy atom. The van der Waals surface area contributed by atoms with E-state index in [0.717, 1.165) is 11.3 Å². The highest BCUT2D eigenvalue weighted by Crippen LogP contribution is 2.27. The topological polar surface area (TPSA) is 93.8 Å². The highest BCUT2D eigenvalue weighted by atomic mass is 35.5. The van der Waals surface area contributed by atoms with Gasteiger partial charge in [-0.3, -0.25) is 14.9 Å². The lowest BCUT2D eigenvalue weighted by Crippen LogP contribution is -2.17. The van der Waals surface area contributed by atoms with Crippen LogP contribution in [0.25, 0.3) is 0 Å². The van der Waals surface area contributed by atoms with Crippen LogP contribution in [0.2, 0.25) is 10.0 Å². The highest BCUT2D eigenvalue weighted by Gasteiger charge is 2.08. The smallest absolute Gasteiger partial charge is 0.324 e. The Hall–Kier alpha value is -2.16. The van der Waals surface area contributed by atoms with Gasteiger partial charge >= 0.3 is 5.00 Å². The van der Waals surface area contributed by atoms with Crippen LogP contribution in [-0.2, 0) is 4.79 Å². The lowest BCUT2D eigenvalue weighted by Gasteiger charge is -2.07. The molecule has 1 aromatic carbocycles. The summed E-state index contributed by atoms with van der Waals surface area (Å²) in [6.45, 7) is 0.315. The molecule has 0 radical (unpaired) electrons. The number of hydrogen-bond donors (Lipinski definition) is 1. The van der Waals surface area contributed by atoms with Crippen molar-refractivity contribution >= 4 is 51.7 Å². The zero-order valence-corrected chi connectivity index (χ0v) is 15.1. The number of carbonyl (C=O) groups excluding carboxylic acids is 1. The van der Waals surface area contributed by atoms with E-state index in [1.807, 2.05) is 0 Å². The Morgan fingerprint density at radius 2 is 2.16 bits per heavy atom. The van der Waals surface area contributed by atoms with E-state index in [-0.39, 0.29) is 17.3 Å². The second-order valence-corrected chi connectivity index (χ2v) is 6.69. The van der Waals surface area contributed by atoms with Crippen LogP contribution >= 0.6 is 34.5 Å². The maximum absolute atomic E-state index is 11.6. The van der Waals surface area contributed by atoms with Gasteiger partial charge in [0, 0.05) is 17.5 Å². The molecule has 0 saturated carbocycles. The second kappa shape index (κ2) is 9.36. The van der Waals surface area contributed by atoms with Gasteiger partial charge in [-0.25, -0.2) is 5.43 Å². The van der Waals surface area contributed by atoms with Crippen LogP contribution in [-0.4, -0.2) is 23.7 Å². The van der Waals surface area contributed by atoms with E-state index in [0.29, 0.717) is 33.7 Å². The summed E-state index contributed by atoms with van der Waals surface area (Å²) in [5.74, 6) is 0.219. The minimum absolute atomic E-state index is 0.0192. The monoisotopic (exact) mass is 401 g/mol. The molecule has 7 nitrogen and oxygen atoms in total.